The third-order valence-electron chi connectivity index (χ3n) is 5.11. The monoisotopic (exact) mass is 439 g/mol. The van der Waals surface area contributed by atoms with Crippen LogP contribution in [0.4, 0.5) is 0 Å². The van der Waals surface area contributed by atoms with Crippen molar-refractivity contribution in [2.75, 3.05) is 28.4 Å². The second kappa shape index (κ2) is 8.27. The zero-order chi connectivity index (χ0) is 22.1. The zero-order valence-corrected chi connectivity index (χ0v) is 18.7. The highest BCUT2D eigenvalue weighted by Gasteiger charge is 2.24. The largest absolute Gasteiger partial charge is 0.493 e. The van der Waals surface area contributed by atoms with E-state index in [0.29, 0.717) is 33.7 Å². The van der Waals surface area contributed by atoms with Crippen LogP contribution in [0.3, 0.4) is 0 Å². The van der Waals surface area contributed by atoms with E-state index < -0.39 is 0 Å². The molecule has 2 N–H and O–H groups in total. The summed E-state index contributed by atoms with van der Waals surface area (Å²) < 4.78 is 24.4. The Morgan fingerprint density at radius 2 is 1.45 bits per heavy atom. The summed E-state index contributed by atoms with van der Waals surface area (Å²) in [7, 11) is 6.47. The first-order valence-electron chi connectivity index (χ1n) is 9.49. The van der Waals surface area contributed by atoms with Gasteiger partial charge in [0.2, 0.25) is 0 Å². The number of fused-ring (bicyclic) bond motifs is 1. The van der Waals surface area contributed by atoms with E-state index in [2.05, 4.69) is 21.2 Å². The van der Waals surface area contributed by atoms with Crippen molar-refractivity contribution in [3.63, 3.8) is 0 Å². The van der Waals surface area contributed by atoms with Gasteiger partial charge in [-0.15, -0.1) is 0 Å². The molecule has 0 aliphatic heterocycles. The van der Waals surface area contributed by atoms with Gasteiger partial charge in [-0.1, -0.05) is 0 Å². The van der Waals surface area contributed by atoms with Gasteiger partial charge in [0.15, 0.2) is 23.0 Å². The van der Waals surface area contributed by atoms with E-state index in [0.717, 1.165) is 27.7 Å². The smallest absolute Gasteiger partial charge is 0.422 e. The molecule has 0 aliphatic rings. The molecule has 9 heteroatoms. The Kier molecular flexibility index (Phi) is 5.51. The van der Waals surface area contributed by atoms with Gasteiger partial charge in [0.1, 0.15) is 5.69 Å². The highest BCUT2D eigenvalue weighted by molar-refractivity contribution is 7.71. The predicted octanol–water partition coefficient (Wildman–Crippen LogP) is 3.91. The highest BCUT2D eigenvalue weighted by Crippen LogP contribution is 2.38. The molecule has 2 heterocycles. The molecular weight excluding hydrogens is 416 g/mol. The molecule has 0 amide bonds. The number of aromatic nitrogens is 4. The Morgan fingerprint density at radius 3 is 2.06 bits per heavy atom. The van der Waals surface area contributed by atoms with Gasteiger partial charge >= 0.3 is 10.7 Å². The summed E-state index contributed by atoms with van der Waals surface area (Å²) in [5.41, 5.74) is 2.73. The number of methoxy groups -OCH3 is 4. The molecule has 8 nitrogen and oxygen atoms in total. The number of nitrogens with zero attached hydrogens (tertiary/aromatic N) is 2. The quantitative estimate of drug-likeness (QED) is 0.350. The summed E-state index contributed by atoms with van der Waals surface area (Å²) in [6.07, 6.45) is 0. The summed E-state index contributed by atoms with van der Waals surface area (Å²) in [4.78, 5) is 4.44. The molecule has 2 aromatic heterocycles. The minimum atomic E-state index is 0.368. The van der Waals surface area contributed by atoms with Crippen LogP contribution in [0.15, 0.2) is 36.4 Å². The predicted molar refractivity (Wildman–Crippen MR) is 119 cm³/mol. The van der Waals surface area contributed by atoms with Crippen LogP contribution < -0.4 is 23.5 Å². The molecule has 0 unspecified atom stereocenters. The van der Waals surface area contributed by atoms with Crippen molar-refractivity contribution in [1.82, 2.24) is 15.2 Å². The number of rotatable bonds is 6. The van der Waals surface area contributed by atoms with Crippen LogP contribution in [0.1, 0.15) is 5.69 Å². The van der Waals surface area contributed by atoms with Gasteiger partial charge in [-0.05, 0) is 65.9 Å². The zero-order valence-electron chi connectivity index (χ0n) is 17.9. The summed E-state index contributed by atoms with van der Waals surface area (Å²) in [6, 6.07) is 11.8. The fourth-order valence-corrected chi connectivity index (χ4v) is 3.85. The van der Waals surface area contributed by atoms with Gasteiger partial charge in [0.05, 0.1) is 34.1 Å². The minimum absolute atomic E-state index is 0.368. The van der Waals surface area contributed by atoms with Gasteiger partial charge in [-0.3, -0.25) is 0 Å². The maximum absolute atomic E-state index is 5.57. The van der Waals surface area contributed by atoms with Crippen molar-refractivity contribution < 1.29 is 23.5 Å². The fourth-order valence-electron chi connectivity index (χ4n) is 3.71. The number of H-pyrrole nitrogens is 2. The molecule has 2 aromatic carbocycles. The van der Waals surface area contributed by atoms with Gasteiger partial charge in [0.25, 0.3) is 0 Å². The van der Waals surface area contributed by atoms with Crippen molar-refractivity contribution >= 4 is 23.0 Å². The third kappa shape index (κ3) is 3.57. The van der Waals surface area contributed by atoms with Crippen LogP contribution in [-0.4, -0.2) is 43.6 Å². The van der Waals surface area contributed by atoms with Crippen molar-refractivity contribution in [2.24, 2.45) is 0 Å². The number of pyridine rings is 1. The summed E-state index contributed by atoms with van der Waals surface area (Å²) in [6.45, 7) is 2.01. The molecular formula is C22H23N4O4S+. The van der Waals surface area contributed by atoms with Crippen molar-refractivity contribution in [1.29, 1.82) is 0 Å². The lowest BCUT2D eigenvalue weighted by atomic mass is 10.0. The molecule has 0 saturated carbocycles. The van der Waals surface area contributed by atoms with Crippen molar-refractivity contribution in [3.8, 4) is 40.2 Å². The van der Waals surface area contributed by atoms with E-state index in [1.54, 1.807) is 28.4 Å². The van der Waals surface area contributed by atoms with E-state index in [1.165, 1.54) is 0 Å². The number of nitrogens with one attached hydrogen (secondary N) is 2. The molecule has 4 rings (SSSR count). The van der Waals surface area contributed by atoms with E-state index in [1.807, 2.05) is 41.8 Å². The third-order valence-corrected chi connectivity index (χ3v) is 5.30. The molecule has 0 aliphatic carbocycles. The van der Waals surface area contributed by atoms with E-state index in [9.17, 15) is 0 Å². The van der Waals surface area contributed by atoms with Gasteiger partial charge in [-0.25, -0.2) is 5.10 Å². The second-order valence-electron chi connectivity index (χ2n) is 6.82. The number of hydrogen-bond acceptors (Lipinski definition) is 6. The van der Waals surface area contributed by atoms with E-state index >= 15 is 0 Å². The Labute approximate surface area is 184 Å². The molecule has 0 saturated heterocycles. The number of aromatic amines is 2. The first-order chi connectivity index (χ1) is 15.0. The van der Waals surface area contributed by atoms with Crippen LogP contribution >= 0.6 is 12.2 Å². The van der Waals surface area contributed by atoms with Crippen LogP contribution in [-0.2, 0) is 0 Å². The maximum atomic E-state index is 5.57. The number of hydrogen-bond donors (Lipinski definition) is 2. The average Bonchev–Trinajstić information content (AvgIpc) is 3.22. The number of aryl methyl sites for hydroxylation is 1. The Hall–Kier alpha value is -3.59. The molecule has 0 spiro atoms. The van der Waals surface area contributed by atoms with Gasteiger partial charge in [-0.2, -0.15) is 9.67 Å². The SMILES string of the molecule is COc1ccc(-c2c3cc(OC)c(OC)cc3cc(C)[n+]2-c2nc(=S)[nH][nH]2)cc1OC. The molecule has 31 heavy (non-hydrogen) atoms. The van der Waals surface area contributed by atoms with Crippen molar-refractivity contribution in [2.45, 2.75) is 6.92 Å². The van der Waals surface area contributed by atoms with Crippen LogP contribution in [0.5, 0.6) is 23.0 Å². The lowest BCUT2D eigenvalue weighted by Gasteiger charge is -2.16. The normalized spacial score (nSPS) is 10.9. The standard InChI is InChI=1S/C22H22N4O4S/c1-12-8-14-10-18(29-4)19(30-5)11-15(14)20(26(12)21-23-22(31)25-24-21)13-6-7-16(27-2)17(9-13)28-3/h6-11H,1-5H3,(H-,23,24,25,31)/p+1. The Bertz CT molecular complexity index is 1330. The maximum Gasteiger partial charge on any atom is 0.422 e. The molecule has 0 bridgehead atoms. The summed E-state index contributed by atoms with van der Waals surface area (Å²) in [5, 5.41) is 7.86. The van der Waals surface area contributed by atoms with Crippen molar-refractivity contribution in [3.05, 3.63) is 46.9 Å². The van der Waals surface area contributed by atoms with Crippen LogP contribution in [0.25, 0.3) is 28.0 Å². The lowest BCUT2D eigenvalue weighted by molar-refractivity contribution is -0.597. The second-order valence-corrected chi connectivity index (χ2v) is 7.21. The Balaban J connectivity index is 2.14. The molecule has 0 atom stereocenters. The number of benzene rings is 2. The first-order valence-corrected chi connectivity index (χ1v) is 9.90. The topological polar surface area (TPSA) is 85.3 Å². The number of ether oxygens (including phenoxy) is 4. The average molecular weight is 440 g/mol. The molecule has 4 aromatic rings. The minimum Gasteiger partial charge on any atom is -0.493 e. The van der Waals surface area contributed by atoms with Gasteiger partial charge < -0.3 is 18.9 Å². The first kappa shape index (κ1) is 20.7. The fraction of sp³-hybridized carbons (Fsp3) is 0.227. The lowest BCUT2D eigenvalue weighted by Crippen LogP contribution is -2.38. The summed E-state index contributed by atoms with van der Waals surface area (Å²) >= 11 is 5.19. The van der Waals surface area contributed by atoms with Crippen LogP contribution in [0, 0.1) is 11.7 Å². The van der Waals surface area contributed by atoms with Gasteiger partial charge in [0, 0.05) is 10.9 Å². The molecule has 0 radical (unpaired) electrons. The molecule has 0 fully saturated rings. The summed E-state index contributed by atoms with van der Waals surface area (Å²) in [5.74, 6) is 3.13. The van der Waals surface area contributed by atoms with E-state index in [4.69, 9.17) is 31.2 Å². The van der Waals surface area contributed by atoms with Crippen LogP contribution in [0.2, 0.25) is 0 Å². The van der Waals surface area contributed by atoms with E-state index in [-0.39, 0.29) is 0 Å². The highest BCUT2D eigenvalue weighted by atomic mass is 32.1. The molecule has 160 valence electrons. The Morgan fingerprint density at radius 1 is 0.806 bits per heavy atom.